The monoisotopic (exact) mass is 142 g/mol. The largest absolute Gasteiger partial charge is 0.851 e. The van der Waals surface area contributed by atoms with E-state index in [0.717, 1.165) is 19.3 Å². The minimum atomic E-state index is -0.330. The molecule has 1 rings (SSSR count). The zero-order valence-corrected chi connectivity index (χ0v) is 6.84. The molecular weight excluding hydrogens is 126 g/mol. The molecule has 0 heterocycles. The van der Waals surface area contributed by atoms with Crippen molar-refractivity contribution in [3.05, 3.63) is 0 Å². The molecule has 1 aliphatic rings. The molecule has 0 amide bonds. The first kappa shape index (κ1) is 8.02. The number of nitrogens with zero attached hydrogens (tertiary/aromatic N) is 1. The van der Waals surface area contributed by atoms with Crippen molar-refractivity contribution in [2.24, 2.45) is 0 Å². The van der Waals surface area contributed by atoms with Crippen molar-refractivity contribution in [3.8, 4) is 0 Å². The van der Waals surface area contributed by atoms with Gasteiger partial charge in [0.25, 0.3) is 0 Å². The van der Waals surface area contributed by atoms with Crippen LogP contribution in [0, 0.1) is 0 Å². The number of hydrogen-bond acceptors (Lipinski definition) is 2. The summed E-state index contributed by atoms with van der Waals surface area (Å²) in [6.07, 6.45) is 4.02. The van der Waals surface area contributed by atoms with Crippen LogP contribution in [0.1, 0.15) is 25.7 Å². The van der Waals surface area contributed by atoms with Crippen LogP contribution < -0.4 is 5.11 Å². The van der Waals surface area contributed by atoms with E-state index in [9.17, 15) is 5.11 Å². The van der Waals surface area contributed by atoms with Crippen molar-refractivity contribution < 1.29 is 5.11 Å². The molecule has 0 aromatic rings. The first-order chi connectivity index (χ1) is 4.72. The van der Waals surface area contributed by atoms with Gasteiger partial charge in [-0.15, -0.1) is 6.10 Å². The van der Waals surface area contributed by atoms with Crippen LogP contribution in [0.2, 0.25) is 0 Å². The van der Waals surface area contributed by atoms with Gasteiger partial charge in [-0.25, -0.2) is 0 Å². The fourth-order valence-electron chi connectivity index (χ4n) is 1.67. The van der Waals surface area contributed by atoms with Gasteiger partial charge in [0.05, 0.1) is 0 Å². The molecule has 1 saturated carbocycles. The molecule has 2 atom stereocenters. The van der Waals surface area contributed by atoms with E-state index in [4.69, 9.17) is 0 Å². The Morgan fingerprint density at radius 3 is 2.20 bits per heavy atom. The fraction of sp³-hybridized carbons (Fsp3) is 1.00. The second kappa shape index (κ2) is 3.35. The topological polar surface area (TPSA) is 26.3 Å². The lowest BCUT2D eigenvalue weighted by molar-refractivity contribution is -0.435. The van der Waals surface area contributed by atoms with Crippen molar-refractivity contribution in [3.63, 3.8) is 0 Å². The summed E-state index contributed by atoms with van der Waals surface area (Å²) >= 11 is 0. The Labute approximate surface area is 62.8 Å². The maximum atomic E-state index is 11.3. The Kier molecular flexibility index (Phi) is 2.69. The van der Waals surface area contributed by atoms with Gasteiger partial charge in [0.1, 0.15) is 0 Å². The Hall–Kier alpha value is -0.0800. The van der Waals surface area contributed by atoms with E-state index < -0.39 is 0 Å². The Morgan fingerprint density at radius 1 is 1.20 bits per heavy atom. The molecule has 1 aliphatic carbocycles. The van der Waals surface area contributed by atoms with Crippen LogP contribution in [0.4, 0.5) is 0 Å². The van der Waals surface area contributed by atoms with Crippen LogP contribution >= 0.6 is 0 Å². The molecular formula is C8H16NO-. The van der Waals surface area contributed by atoms with E-state index in [-0.39, 0.29) is 6.10 Å². The van der Waals surface area contributed by atoms with Gasteiger partial charge < -0.3 is 10.0 Å². The summed E-state index contributed by atoms with van der Waals surface area (Å²) in [5.74, 6) is 0. The summed E-state index contributed by atoms with van der Waals surface area (Å²) in [7, 11) is 4.00. The lowest BCUT2D eigenvalue weighted by Crippen LogP contribution is -2.48. The lowest BCUT2D eigenvalue weighted by atomic mass is 9.92. The molecule has 0 aromatic heterocycles. The Balaban J connectivity index is 2.40. The van der Waals surface area contributed by atoms with Crippen LogP contribution in [0.3, 0.4) is 0 Å². The first-order valence-electron chi connectivity index (χ1n) is 4.04. The summed E-state index contributed by atoms with van der Waals surface area (Å²) in [6, 6.07) is 0.300. The summed E-state index contributed by atoms with van der Waals surface area (Å²) in [4.78, 5) is 2.07. The summed E-state index contributed by atoms with van der Waals surface area (Å²) in [5, 5.41) is 11.3. The summed E-state index contributed by atoms with van der Waals surface area (Å²) in [6.45, 7) is 0. The van der Waals surface area contributed by atoms with Gasteiger partial charge in [0.15, 0.2) is 0 Å². The second-order valence-electron chi connectivity index (χ2n) is 3.35. The molecule has 0 aromatic carbocycles. The standard InChI is InChI=1S/C8H16NO/c1-9(2)7-5-3-4-6-8(7)10/h7-8H,3-6H2,1-2H3/q-1. The van der Waals surface area contributed by atoms with Crippen LogP contribution in [-0.4, -0.2) is 31.1 Å². The van der Waals surface area contributed by atoms with Crippen molar-refractivity contribution >= 4 is 0 Å². The average molecular weight is 142 g/mol. The van der Waals surface area contributed by atoms with Crippen LogP contribution in [-0.2, 0) is 0 Å². The molecule has 0 saturated heterocycles. The zero-order chi connectivity index (χ0) is 7.56. The third kappa shape index (κ3) is 1.70. The van der Waals surface area contributed by atoms with Crippen molar-refractivity contribution in [1.82, 2.24) is 4.90 Å². The van der Waals surface area contributed by atoms with Crippen LogP contribution in [0.15, 0.2) is 0 Å². The molecule has 0 spiro atoms. The number of rotatable bonds is 1. The van der Waals surface area contributed by atoms with E-state index in [1.807, 2.05) is 14.1 Å². The molecule has 0 bridgehead atoms. The van der Waals surface area contributed by atoms with Gasteiger partial charge in [-0.05, 0) is 26.6 Å². The normalized spacial score (nSPS) is 34.8. The molecule has 2 unspecified atom stereocenters. The fourth-order valence-corrected chi connectivity index (χ4v) is 1.67. The molecule has 0 N–H and O–H groups in total. The van der Waals surface area contributed by atoms with Gasteiger partial charge >= 0.3 is 0 Å². The highest BCUT2D eigenvalue weighted by molar-refractivity contribution is 4.78. The average Bonchev–Trinajstić information content (AvgIpc) is 1.88. The Bertz CT molecular complexity index is 103. The van der Waals surface area contributed by atoms with E-state index >= 15 is 0 Å². The summed E-state index contributed by atoms with van der Waals surface area (Å²) in [5.41, 5.74) is 0. The SMILES string of the molecule is CN(C)C1CCCCC1[O-]. The quantitative estimate of drug-likeness (QED) is 0.523. The second-order valence-corrected chi connectivity index (χ2v) is 3.35. The predicted molar refractivity (Wildman–Crippen MR) is 39.7 cm³/mol. The minimum absolute atomic E-state index is 0.300. The van der Waals surface area contributed by atoms with Gasteiger partial charge in [-0.2, -0.15) is 0 Å². The van der Waals surface area contributed by atoms with E-state index in [1.165, 1.54) is 6.42 Å². The Morgan fingerprint density at radius 2 is 1.80 bits per heavy atom. The third-order valence-corrected chi connectivity index (χ3v) is 2.33. The highest BCUT2D eigenvalue weighted by Crippen LogP contribution is 2.19. The van der Waals surface area contributed by atoms with Gasteiger partial charge in [0.2, 0.25) is 0 Å². The minimum Gasteiger partial charge on any atom is -0.851 e. The molecule has 0 aliphatic heterocycles. The molecule has 60 valence electrons. The number of hydrogen-bond donors (Lipinski definition) is 0. The van der Waals surface area contributed by atoms with Gasteiger partial charge in [-0.1, -0.05) is 19.3 Å². The maximum absolute atomic E-state index is 11.3. The van der Waals surface area contributed by atoms with Gasteiger partial charge in [-0.3, -0.25) is 0 Å². The molecule has 1 fully saturated rings. The maximum Gasteiger partial charge on any atom is -0.00356 e. The highest BCUT2D eigenvalue weighted by Gasteiger charge is 2.17. The first-order valence-corrected chi connectivity index (χ1v) is 4.04. The third-order valence-electron chi connectivity index (χ3n) is 2.33. The molecule has 0 radical (unpaired) electrons. The van der Waals surface area contributed by atoms with Gasteiger partial charge in [0, 0.05) is 0 Å². The molecule has 2 heteroatoms. The molecule has 10 heavy (non-hydrogen) atoms. The van der Waals surface area contributed by atoms with Crippen molar-refractivity contribution in [2.45, 2.75) is 37.8 Å². The van der Waals surface area contributed by atoms with Crippen LogP contribution in [0.5, 0.6) is 0 Å². The highest BCUT2D eigenvalue weighted by atomic mass is 16.3. The number of likely N-dealkylation sites (N-methyl/N-ethyl adjacent to an activating group) is 1. The van der Waals surface area contributed by atoms with Crippen LogP contribution in [0.25, 0.3) is 0 Å². The van der Waals surface area contributed by atoms with E-state index in [0.29, 0.717) is 6.04 Å². The van der Waals surface area contributed by atoms with Crippen molar-refractivity contribution in [1.29, 1.82) is 0 Å². The smallest absolute Gasteiger partial charge is 0.00356 e. The molecule has 2 nitrogen and oxygen atoms in total. The predicted octanol–water partition coefficient (Wildman–Crippen LogP) is 0.219. The van der Waals surface area contributed by atoms with Crippen molar-refractivity contribution in [2.75, 3.05) is 14.1 Å². The van der Waals surface area contributed by atoms with E-state index in [2.05, 4.69) is 4.90 Å². The van der Waals surface area contributed by atoms with E-state index in [1.54, 1.807) is 0 Å². The lowest BCUT2D eigenvalue weighted by Gasteiger charge is -2.40. The summed E-state index contributed by atoms with van der Waals surface area (Å²) < 4.78 is 0. The zero-order valence-electron chi connectivity index (χ0n) is 6.84.